The Hall–Kier alpha value is -0.750. The maximum absolute atomic E-state index is 11.9. The van der Waals surface area contributed by atoms with Gasteiger partial charge in [-0.15, -0.1) is 0 Å². The standard InChI is InChI=1S/C12H23N3O2S/c1-9(16)14-10(7-18)11(17)13-8-12(15(2)3)5-4-6-12/h10,18H,4-8H2,1-3H3,(H,13,17)(H,14,16). The summed E-state index contributed by atoms with van der Waals surface area (Å²) in [5.74, 6) is -0.0658. The van der Waals surface area contributed by atoms with E-state index in [1.165, 1.54) is 13.3 Å². The molecule has 1 aliphatic rings. The molecule has 1 rings (SSSR count). The molecule has 2 amide bonds. The van der Waals surface area contributed by atoms with E-state index in [1.54, 1.807) is 0 Å². The summed E-state index contributed by atoms with van der Waals surface area (Å²) in [7, 11) is 4.07. The van der Waals surface area contributed by atoms with E-state index in [4.69, 9.17) is 0 Å². The van der Waals surface area contributed by atoms with E-state index in [0.29, 0.717) is 12.3 Å². The van der Waals surface area contributed by atoms with Crippen LogP contribution in [0.4, 0.5) is 0 Å². The molecule has 0 bridgehead atoms. The van der Waals surface area contributed by atoms with Crippen molar-refractivity contribution in [3.05, 3.63) is 0 Å². The van der Waals surface area contributed by atoms with Crippen LogP contribution in [-0.4, -0.2) is 54.7 Å². The molecule has 0 aromatic rings. The van der Waals surface area contributed by atoms with Crippen molar-refractivity contribution in [3.63, 3.8) is 0 Å². The Balaban J connectivity index is 2.46. The molecule has 0 aliphatic heterocycles. The molecule has 0 aromatic heterocycles. The average molecular weight is 273 g/mol. The first-order valence-corrected chi connectivity index (χ1v) is 6.87. The Labute approximate surface area is 114 Å². The molecule has 1 fully saturated rings. The van der Waals surface area contributed by atoms with E-state index >= 15 is 0 Å². The van der Waals surface area contributed by atoms with E-state index < -0.39 is 6.04 Å². The molecule has 104 valence electrons. The SMILES string of the molecule is CC(=O)NC(CS)C(=O)NCC1(N(C)C)CCC1. The highest BCUT2D eigenvalue weighted by Crippen LogP contribution is 2.35. The van der Waals surface area contributed by atoms with Gasteiger partial charge < -0.3 is 15.5 Å². The van der Waals surface area contributed by atoms with Gasteiger partial charge >= 0.3 is 0 Å². The molecule has 0 saturated heterocycles. The minimum absolute atomic E-state index is 0.0903. The lowest BCUT2D eigenvalue weighted by Crippen LogP contribution is -2.59. The molecule has 1 aliphatic carbocycles. The molecule has 2 N–H and O–H groups in total. The normalized spacial score (nSPS) is 18.9. The molecular weight excluding hydrogens is 250 g/mol. The van der Waals surface area contributed by atoms with Crippen LogP contribution in [0.25, 0.3) is 0 Å². The first-order chi connectivity index (χ1) is 8.41. The second kappa shape index (κ2) is 6.43. The molecule has 0 heterocycles. The van der Waals surface area contributed by atoms with Crippen LogP contribution in [0.15, 0.2) is 0 Å². The molecule has 0 spiro atoms. The van der Waals surface area contributed by atoms with Crippen LogP contribution in [0, 0.1) is 0 Å². The molecule has 5 nitrogen and oxygen atoms in total. The lowest BCUT2D eigenvalue weighted by atomic mass is 9.75. The summed E-state index contributed by atoms with van der Waals surface area (Å²) >= 11 is 4.09. The van der Waals surface area contributed by atoms with Crippen molar-refractivity contribution >= 4 is 24.4 Å². The highest BCUT2D eigenvalue weighted by Gasteiger charge is 2.39. The van der Waals surface area contributed by atoms with Crippen molar-refractivity contribution in [1.82, 2.24) is 15.5 Å². The fraction of sp³-hybridized carbons (Fsp3) is 0.833. The van der Waals surface area contributed by atoms with Crippen molar-refractivity contribution in [1.29, 1.82) is 0 Å². The van der Waals surface area contributed by atoms with Gasteiger partial charge in [-0.25, -0.2) is 0 Å². The van der Waals surface area contributed by atoms with Crippen LogP contribution in [0.2, 0.25) is 0 Å². The van der Waals surface area contributed by atoms with E-state index in [0.717, 1.165) is 12.8 Å². The summed E-state index contributed by atoms with van der Waals surface area (Å²) in [6.07, 6.45) is 3.41. The van der Waals surface area contributed by atoms with Gasteiger partial charge in [-0.2, -0.15) is 12.6 Å². The fourth-order valence-electron chi connectivity index (χ4n) is 2.18. The zero-order valence-electron chi connectivity index (χ0n) is 11.3. The van der Waals surface area contributed by atoms with E-state index in [-0.39, 0.29) is 17.4 Å². The Morgan fingerprint density at radius 1 is 1.39 bits per heavy atom. The van der Waals surface area contributed by atoms with Gasteiger partial charge in [0.25, 0.3) is 0 Å². The second-order valence-electron chi connectivity index (χ2n) is 5.13. The summed E-state index contributed by atoms with van der Waals surface area (Å²) in [6, 6.07) is -0.551. The number of carbonyl (C=O) groups excluding carboxylic acids is 2. The number of amides is 2. The summed E-state index contributed by atoms with van der Waals surface area (Å²) in [5, 5.41) is 5.51. The third-order valence-electron chi connectivity index (χ3n) is 3.70. The van der Waals surface area contributed by atoms with Crippen LogP contribution in [-0.2, 0) is 9.59 Å². The lowest BCUT2D eigenvalue weighted by Gasteiger charge is -2.47. The molecule has 1 atom stereocenters. The number of nitrogens with zero attached hydrogens (tertiary/aromatic N) is 1. The van der Waals surface area contributed by atoms with Gasteiger partial charge in [0.2, 0.25) is 11.8 Å². The predicted octanol–water partition coefficient (Wildman–Crippen LogP) is 0.0214. The Kier molecular flexibility index (Phi) is 5.47. The quantitative estimate of drug-likeness (QED) is 0.598. The number of nitrogens with one attached hydrogen (secondary N) is 2. The highest BCUT2D eigenvalue weighted by atomic mass is 32.1. The molecule has 1 unspecified atom stereocenters. The van der Waals surface area contributed by atoms with Crippen LogP contribution >= 0.6 is 12.6 Å². The fourth-order valence-corrected chi connectivity index (χ4v) is 2.44. The van der Waals surface area contributed by atoms with Gasteiger partial charge in [0, 0.05) is 24.8 Å². The maximum Gasteiger partial charge on any atom is 0.243 e. The Bertz CT molecular complexity index is 316. The molecule has 0 aromatic carbocycles. The highest BCUT2D eigenvalue weighted by molar-refractivity contribution is 7.80. The first-order valence-electron chi connectivity index (χ1n) is 6.24. The molecule has 6 heteroatoms. The molecular formula is C12H23N3O2S. The minimum atomic E-state index is -0.551. The Morgan fingerprint density at radius 2 is 2.00 bits per heavy atom. The van der Waals surface area contributed by atoms with Gasteiger partial charge in [-0.3, -0.25) is 9.59 Å². The minimum Gasteiger partial charge on any atom is -0.352 e. The second-order valence-corrected chi connectivity index (χ2v) is 5.49. The smallest absolute Gasteiger partial charge is 0.243 e. The van der Waals surface area contributed by atoms with Crippen LogP contribution in [0.3, 0.4) is 0 Å². The van der Waals surface area contributed by atoms with Crippen molar-refractivity contribution in [2.24, 2.45) is 0 Å². The van der Waals surface area contributed by atoms with E-state index in [2.05, 4.69) is 28.2 Å². The van der Waals surface area contributed by atoms with Crippen molar-refractivity contribution in [2.75, 3.05) is 26.4 Å². The predicted molar refractivity (Wildman–Crippen MR) is 74.7 cm³/mol. The summed E-state index contributed by atoms with van der Waals surface area (Å²) in [4.78, 5) is 25.1. The number of hydrogen-bond acceptors (Lipinski definition) is 4. The first kappa shape index (κ1) is 15.3. The molecule has 1 saturated carbocycles. The number of carbonyl (C=O) groups is 2. The van der Waals surface area contributed by atoms with Crippen molar-refractivity contribution in [2.45, 2.75) is 37.8 Å². The summed E-state index contributed by atoms with van der Waals surface area (Å²) in [5.41, 5.74) is 0.0903. The van der Waals surface area contributed by atoms with Crippen LogP contribution < -0.4 is 10.6 Å². The third kappa shape index (κ3) is 3.62. The Morgan fingerprint density at radius 3 is 2.33 bits per heavy atom. The zero-order chi connectivity index (χ0) is 13.8. The van der Waals surface area contributed by atoms with Gasteiger partial charge in [0.15, 0.2) is 0 Å². The third-order valence-corrected chi connectivity index (χ3v) is 4.07. The van der Waals surface area contributed by atoms with Crippen LogP contribution in [0.5, 0.6) is 0 Å². The van der Waals surface area contributed by atoms with Gasteiger partial charge in [-0.05, 0) is 33.4 Å². The largest absolute Gasteiger partial charge is 0.352 e. The van der Waals surface area contributed by atoms with Gasteiger partial charge in [0.05, 0.1) is 0 Å². The lowest BCUT2D eigenvalue weighted by molar-refractivity contribution is -0.128. The zero-order valence-corrected chi connectivity index (χ0v) is 12.2. The number of hydrogen-bond donors (Lipinski definition) is 3. The molecule has 18 heavy (non-hydrogen) atoms. The monoisotopic (exact) mass is 273 g/mol. The van der Waals surface area contributed by atoms with E-state index in [1.807, 2.05) is 14.1 Å². The van der Waals surface area contributed by atoms with Crippen molar-refractivity contribution < 1.29 is 9.59 Å². The average Bonchev–Trinajstić information content (AvgIpc) is 2.23. The molecule has 0 radical (unpaired) electrons. The van der Waals surface area contributed by atoms with E-state index in [9.17, 15) is 9.59 Å². The maximum atomic E-state index is 11.9. The van der Waals surface area contributed by atoms with Gasteiger partial charge in [-0.1, -0.05) is 0 Å². The van der Waals surface area contributed by atoms with Crippen molar-refractivity contribution in [3.8, 4) is 0 Å². The van der Waals surface area contributed by atoms with Crippen LogP contribution in [0.1, 0.15) is 26.2 Å². The topological polar surface area (TPSA) is 61.4 Å². The summed E-state index contributed by atoms with van der Waals surface area (Å²) in [6.45, 7) is 2.03. The van der Waals surface area contributed by atoms with Gasteiger partial charge in [0.1, 0.15) is 6.04 Å². The number of rotatable bonds is 6. The summed E-state index contributed by atoms with van der Waals surface area (Å²) < 4.78 is 0. The number of likely N-dealkylation sites (N-methyl/N-ethyl adjacent to an activating group) is 1. The number of thiol groups is 1.